The normalized spacial score (nSPS) is 29.0. The van der Waals surface area contributed by atoms with Crippen LogP contribution in [0.3, 0.4) is 0 Å². The Labute approximate surface area is 307 Å². The van der Waals surface area contributed by atoms with E-state index in [2.05, 4.69) is 86.6 Å². The van der Waals surface area contributed by atoms with Crippen molar-refractivity contribution in [3.63, 3.8) is 0 Å². The van der Waals surface area contributed by atoms with Crippen LogP contribution in [-0.2, 0) is 29.0 Å². The number of pyridine rings is 1. The number of hydroxylamine groups is 2. The number of rotatable bonds is 18. The van der Waals surface area contributed by atoms with E-state index in [0.29, 0.717) is 41.7 Å². The molecule has 284 valence electrons. The molecule has 1 saturated heterocycles. The lowest BCUT2D eigenvalue weighted by Gasteiger charge is -2.62. The Morgan fingerprint density at radius 3 is 2.55 bits per heavy atom. The third-order valence-electron chi connectivity index (χ3n) is 12.9. The summed E-state index contributed by atoms with van der Waals surface area (Å²) >= 11 is 0. The van der Waals surface area contributed by atoms with Gasteiger partial charge in [-0.05, 0) is 113 Å². The number of aromatic nitrogens is 1. The van der Waals surface area contributed by atoms with Crippen molar-refractivity contribution < 1.29 is 19.5 Å². The first-order valence-electron chi connectivity index (χ1n) is 19.4. The van der Waals surface area contributed by atoms with Gasteiger partial charge in [-0.1, -0.05) is 45.0 Å². The summed E-state index contributed by atoms with van der Waals surface area (Å²) in [5.41, 5.74) is 9.72. The van der Waals surface area contributed by atoms with Gasteiger partial charge in [-0.3, -0.25) is 14.6 Å². The molecule has 51 heavy (non-hydrogen) atoms. The summed E-state index contributed by atoms with van der Waals surface area (Å²) < 4.78 is 6.09. The van der Waals surface area contributed by atoms with Gasteiger partial charge in [-0.2, -0.15) is 5.06 Å². The van der Waals surface area contributed by atoms with Gasteiger partial charge in [0.2, 0.25) is 5.91 Å². The number of methoxy groups -OCH3 is 1. The van der Waals surface area contributed by atoms with E-state index in [0.717, 1.165) is 67.8 Å². The van der Waals surface area contributed by atoms with Crippen molar-refractivity contribution in [3.8, 4) is 5.75 Å². The van der Waals surface area contributed by atoms with Crippen molar-refractivity contribution in [1.82, 2.24) is 25.6 Å². The fraction of sp³-hybridized carbons (Fsp3) is 0.707. The zero-order valence-electron chi connectivity index (χ0n) is 32.5. The van der Waals surface area contributed by atoms with Crippen molar-refractivity contribution in [3.05, 3.63) is 59.4 Å². The number of aryl methyl sites for hydroxylation is 1. The Morgan fingerprint density at radius 1 is 1.16 bits per heavy atom. The molecule has 4 aliphatic rings. The van der Waals surface area contributed by atoms with Crippen LogP contribution in [0.5, 0.6) is 5.75 Å². The Morgan fingerprint density at radius 2 is 1.92 bits per heavy atom. The summed E-state index contributed by atoms with van der Waals surface area (Å²) in [6.07, 6.45) is 6.75. The standard InChI is InChI=1S/C41H66N6O4/c1-26(46(6)7)20-29(24-43-19-17-33-14-9-10-18-44-33)15-16-30-12-11-13-31(39(30)50-8)25-47-38(37(28(3)48)36(23-42)51-47)40(49)45-35-22-32-21-34(27(35)2)41(32,4)5/h9-14,18,26-29,32,34-38,43,48H,15-17,19-25,42H2,1-8H3,(H,45,49)/t26?,27-,28-,29?,32-,34+,35-,36-,37+,38-/m0/s1. The molecule has 2 aromatic rings. The maximum Gasteiger partial charge on any atom is 0.240 e. The van der Waals surface area contributed by atoms with Gasteiger partial charge >= 0.3 is 0 Å². The molecule has 1 aromatic carbocycles. The van der Waals surface area contributed by atoms with Gasteiger partial charge in [0.15, 0.2) is 0 Å². The minimum atomic E-state index is -0.761. The molecular formula is C41H66N6O4. The van der Waals surface area contributed by atoms with Crippen LogP contribution in [0.1, 0.15) is 77.1 Å². The monoisotopic (exact) mass is 707 g/mol. The molecule has 5 N–H and O–H groups in total. The highest BCUT2D eigenvalue weighted by Gasteiger charge is 2.57. The molecule has 3 saturated carbocycles. The van der Waals surface area contributed by atoms with Crippen molar-refractivity contribution in [2.45, 2.75) is 110 Å². The van der Waals surface area contributed by atoms with E-state index in [-0.39, 0.29) is 18.5 Å². The Balaban J connectivity index is 1.28. The van der Waals surface area contributed by atoms with Crippen molar-refractivity contribution in [1.29, 1.82) is 0 Å². The molecule has 6 rings (SSSR count). The van der Waals surface area contributed by atoms with E-state index in [4.69, 9.17) is 15.3 Å². The number of nitrogens with two attached hydrogens (primary N) is 1. The third-order valence-corrected chi connectivity index (χ3v) is 12.9. The second-order valence-corrected chi connectivity index (χ2v) is 16.6. The summed E-state index contributed by atoms with van der Waals surface area (Å²) in [5.74, 6) is 2.42. The average molecular weight is 707 g/mol. The molecule has 2 heterocycles. The maximum atomic E-state index is 14.2. The van der Waals surface area contributed by atoms with Gasteiger partial charge in [-0.15, -0.1) is 0 Å². The fourth-order valence-electron chi connectivity index (χ4n) is 9.34. The molecule has 0 radical (unpaired) electrons. The van der Waals surface area contributed by atoms with Gasteiger partial charge in [0, 0.05) is 55.0 Å². The van der Waals surface area contributed by atoms with Gasteiger partial charge in [0.1, 0.15) is 11.8 Å². The lowest BCUT2D eigenvalue weighted by atomic mass is 9.45. The second kappa shape index (κ2) is 17.5. The van der Waals surface area contributed by atoms with E-state index in [9.17, 15) is 9.90 Å². The minimum Gasteiger partial charge on any atom is -0.496 e. The number of aliphatic hydroxyl groups is 1. The summed E-state index contributed by atoms with van der Waals surface area (Å²) in [5, 5.41) is 19.8. The number of hydrogen-bond donors (Lipinski definition) is 4. The van der Waals surface area contributed by atoms with Gasteiger partial charge in [-0.25, -0.2) is 0 Å². The molecule has 3 aliphatic carbocycles. The summed E-state index contributed by atoms with van der Waals surface area (Å²) in [6.45, 7) is 13.4. The number of fused-ring (bicyclic) bond motifs is 2. The van der Waals surface area contributed by atoms with Crippen LogP contribution in [0, 0.1) is 35.0 Å². The molecule has 2 bridgehead atoms. The summed E-state index contributed by atoms with van der Waals surface area (Å²) in [6, 6.07) is 12.3. The second-order valence-electron chi connectivity index (χ2n) is 16.6. The van der Waals surface area contributed by atoms with Crippen molar-refractivity contribution >= 4 is 5.91 Å². The molecule has 1 aromatic heterocycles. The number of carbonyl (C=O) groups is 1. The Bertz CT molecular complexity index is 1410. The number of aliphatic hydroxyl groups excluding tert-OH is 1. The summed E-state index contributed by atoms with van der Waals surface area (Å²) in [4.78, 5) is 27.4. The van der Waals surface area contributed by atoms with Crippen LogP contribution in [0.4, 0.5) is 0 Å². The Hall–Kier alpha value is -2.60. The quantitative estimate of drug-likeness (QED) is 0.167. The van der Waals surface area contributed by atoms with E-state index in [1.165, 1.54) is 6.42 Å². The van der Waals surface area contributed by atoms with E-state index in [1.54, 1.807) is 19.1 Å². The van der Waals surface area contributed by atoms with Crippen LogP contribution in [0.2, 0.25) is 0 Å². The summed E-state index contributed by atoms with van der Waals surface area (Å²) in [7, 11) is 6.01. The predicted octanol–water partition coefficient (Wildman–Crippen LogP) is 4.44. The fourth-order valence-corrected chi connectivity index (χ4v) is 9.34. The molecule has 10 heteroatoms. The number of benzene rings is 1. The van der Waals surface area contributed by atoms with Crippen LogP contribution in [-0.4, -0.2) is 97.1 Å². The van der Waals surface area contributed by atoms with Crippen molar-refractivity contribution in [2.75, 3.05) is 40.8 Å². The maximum absolute atomic E-state index is 14.2. The predicted molar refractivity (Wildman–Crippen MR) is 203 cm³/mol. The van der Waals surface area contributed by atoms with Crippen molar-refractivity contribution in [2.24, 2.45) is 40.7 Å². The highest BCUT2D eigenvalue weighted by atomic mass is 16.7. The lowest BCUT2D eigenvalue weighted by Crippen LogP contribution is -2.62. The van der Waals surface area contributed by atoms with Crippen LogP contribution < -0.4 is 21.1 Å². The Kier molecular flexibility index (Phi) is 13.6. The molecule has 0 spiro atoms. The van der Waals surface area contributed by atoms with E-state index in [1.807, 2.05) is 18.3 Å². The molecule has 1 aliphatic heterocycles. The largest absolute Gasteiger partial charge is 0.496 e. The smallest absolute Gasteiger partial charge is 0.240 e. The highest BCUT2D eigenvalue weighted by Crippen LogP contribution is 2.61. The van der Waals surface area contributed by atoms with Gasteiger partial charge in [0.25, 0.3) is 0 Å². The highest BCUT2D eigenvalue weighted by molar-refractivity contribution is 5.83. The first-order valence-corrected chi connectivity index (χ1v) is 19.4. The third kappa shape index (κ3) is 9.14. The van der Waals surface area contributed by atoms with E-state index < -0.39 is 24.2 Å². The number of carbonyl (C=O) groups excluding carboxylic acids is 1. The molecular weight excluding hydrogens is 640 g/mol. The SMILES string of the molecule is COc1c(CCC(CNCCc2ccccn2)CC(C)N(C)C)cccc1CN1O[C@@H](CN)[C@@H]([C@H](C)O)[C@H]1C(=O)N[C@H]1C[C@@H]2C[C@H]([C@@H]1C)C2(C)C. The number of para-hydroxylation sites is 1. The van der Waals surface area contributed by atoms with Crippen LogP contribution in [0.25, 0.3) is 0 Å². The topological polar surface area (TPSA) is 125 Å². The average Bonchev–Trinajstić information content (AvgIpc) is 3.48. The van der Waals surface area contributed by atoms with Crippen LogP contribution in [0.15, 0.2) is 42.6 Å². The first-order chi connectivity index (χ1) is 24.3. The zero-order chi connectivity index (χ0) is 36.9. The minimum absolute atomic E-state index is 0.0867. The molecule has 4 fully saturated rings. The van der Waals surface area contributed by atoms with Gasteiger partial charge in [0.05, 0.1) is 25.9 Å². The number of ether oxygens (including phenoxy) is 1. The molecule has 1 amide bonds. The van der Waals surface area contributed by atoms with Crippen LogP contribution >= 0.6 is 0 Å². The number of nitrogens with zero attached hydrogens (tertiary/aromatic N) is 3. The van der Waals surface area contributed by atoms with E-state index >= 15 is 0 Å². The number of nitrogens with one attached hydrogen (secondary N) is 2. The lowest BCUT2D eigenvalue weighted by molar-refractivity contribution is -0.175. The van der Waals surface area contributed by atoms with Gasteiger partial charge < -0.3 is 31.1 Å². The first kappa shape index (κ1) is 39.6. The zero-order valence-corrected chi connectivity index (χ0v) is 32.5. The number of amides is 1. The number of hydrogen-bond acceptors (Lipinski definition) is 9. The molecule has 10 atom stereocenters. The molecule has 2 unspecified atom stereocenters. The molecule has 10 nitrogen and oxygen atoms in total.